The van der Waals surface area contributed by atoms with Crippen LogP contribution >= 0.6 is 11.8 Å². The number of rotatable bonds is 11. The van der Waals surface area contributed by atoms with Crippen LogP contribution in [0.15, 0.2) is 30.3 Å². The molecule has 0 aliphatic rings. The number of hydrogen-bond acceptors (Lipinski definition) is 4. The van der Waals surface area contributed by atoms with Crippen LogP contribution in [0.25, 0.3) is 0 Å². The van der Waals surface area contributed by atoms with Crippen molar-refractivity contribution in [3.05, 3.63) is 35.9 Å². The van der Waals surface area contributed by atoms with Crippen LogP contribution in [0.4, 0.5) is 4.79 Å². The van der Waals surface area contributed by atoms with Gasteiger partial charge in [-0.2, -0.15) is 0 Å². The maximum atomic E-state index is 12.3. The van der Waals surface area contributed by atoms with E-state index in [1.54, 1.807) is 0 Å². The zero-order chi connectivity index (χ0) is 17.6. The molecule has 24 heavy (non-hydrogen) atoms. The minimum atomic E-state index is -0.257. The summed E-state index contributed by atoms with van der Waals surface area (Å²) >= 11 is 1.22. The van der Waals surface area contributed by atoms with Crippen molar-refractivity contribution in [3.8, 4) is 0 Å². The highest BCUT2D eigenvalue weighted by molar-refractivity contribution is 8.13. The Balaban J connectivity index is 2.25. The largest absolute Gasteiger partial charge is 0.461 e. The number of amides is 1. The van der Waals surface area contributed by atoms with Crippen LogP contribution in [-0.2, 0) is 16.1 Å². The van der Waals surface area contributed by atoms with Crippen molar-refractivity contribution >= 4 is 23.0 Å². The Morgan fingerprint density at radius 3 is 2.25 bits per heavy atom. The van der Waals surface area contributed by atoms with E-state index in [4.69, 9.17) is 4.74 Å². The molecule has 0 N–H and O–H groups in total. The molecular weight excluding hydrogens is 322 g/mol. The second-order valence-electron chi connectivity index (χ2n) is 5.70. The molecule has 0 fully saturated rings. The van der Waals surface area contributed by atoms with Crippen LogP contribution < -0.4 is 0 Å². The molecule has 134 valence electrons. The van der Waals surface area contributed by atoms with Gasteiger partial charge in [-0.25, -0.2) is 0 Å². The van der Waals surface area contributed by atoms with E-state index in [-0.39, 0.29) is 24.2 Å². The average molecular weight is 352 g/mol. The maximum Gasteiger partial charge on any atom is 0.306 e. The molecule has 0 radical (unpaired) electrons. The molecule has 1 aromatic carbocycles. The first kappa shape index (κ1) is 20.6. The molecule has 1 amide bonds. The smallest absolute Gasteiger partial charge is 0.306 e. The first-order chi connectivity index (χ1) is 11.7. The van der Waals surface area contributed by atoms with Crippen LogP contribution in [-0.4, -0.2) is 35.0 Å². The lowest BCUT2D eigenvalue weighted by Crippen LogP contribution is -2.30. The van der Waals surface area contributed by atoms with E-state index in [2.05, 4.69) is 13.8 Å². The highest BCUT2D eigenvalue weighted by Gasteiger charge is 2.14. The molecular formula is C19H29NO3S. The number of thioether (sulfide) groups is 1. The van der Waals surface area contributed by atoms with Gasteiger partial charge in [0.1, 0.15) is 6.61 Å². The molecule has 0 saturated carbocycles. The third-order valence-electron chi connectivity index (χ3n) is 3.60. The number of unbranched alkanes of at least 4 members (excludes halogenated alkanes) is 2. The van der Waals surface area contributed by atoms with E-state index in [1.807, 2.05) is 35.2 Å². The fourth-order valence-corrected chi connectivity index (χ4v) is 2.92. The third-order valence-corrected chi connectivity index (χ3v) is 4.51. The topological polar surface area (TPSA) is 46.6 Å². The molecule has 0 bridgehead atoms. The minimum Gasteiger partial charge on any atom is -0.461 e. The van der Waals surface area contributed by atoms with Gasteiger partial charge in [0.15, 0.2) is 0 Å². The van der Waals surface area contributed by atoms with E-state index in [0.717, 1.165) is 44.3 Å². The molecule has 4 nitrogen and oxygen atoms in total. The quantitative estimate of drug-likeness (QED) is 0.533. The Bertz CT molecular complexity index is 471. The molecule has 0 atom stereocenters. The summed E-state index contributed by atoms with van der Waals surface area (Å²) in [4.78, 5) is 25.9. The second kappa shape index (κ2) is 12.9. The van der Waals surface area contributed by atoms with Gasteiger partial charge >= 0.3 is 5.97 Å². The molecule has 0 unspecified atom stereocenters. The first-order valence-electron chi connectivity index (χ1n) is 8.78. The summed E-state index contributed by atoms with van der Waals surface area (Å²) < 4.78 is 5.22. The number of nitrogens with zero attached hydrogens (tertiary/aromatic N) is 1. The standard InChI is InChI=1S/C19H29NO3S/c1-3-5-13-20(14-6-4-2)19(22)24-15-12-18(21)23-16-17-10-8-7-9-11-17/h7-11H,3-6,12-16H2,1-2H3. The summed E-state index contributed by atoms with van der Waals surface area (Å²) in [5.74, 6) is 0.217. The third kappa shape index (κ3) is 8.96. The van der Waals surface area contributed by atoms with Crippen molar-refractivity contribution in [2.75, 3.05) is 18.8 Å². The Labute approximate surface area is 149 Å². The van der Waals surface area contributed by atoms with Crippen molar-refractivity contribution in [2.24, 2.45) is 0 Å². The monoisotopic (exact) mass is 351 g/mol. The van der Waals surface area contributed by atoms with Gasteiger partial charge in [0.05, 0.1) is 6.42 Å². The van der Waals surface area contributed by atoms with E-state index in [9.17, 15) is 9.59 Å². The fraction of sp³-hybridized carbons (Fsp3) is 0.579. The molecule has 0 aliphatic carbocycles. The van der Waals surface area contributed by atoms with Crippen LogP contribution in [0.2, 0.25) is 0 Å². The van der Waals surface area contributed by atoms with Crippen molar-refractivity contribution < 1.29 is 14.3 Å². The second-order valence-corrected chi connectivity index (χ2v) is 6.75. The van der Waals surface area contributed by atoms with E-state index in [0.29, 0.717) is 5.75 Å². The van der Waals surface area contributed by atoms with Gasteiger partial charge in [0.25, 0.3) is 5.24 Å². The summed E-state index contributed by atoms with van der Waals surface area (Å²) in [6.45, 7) is 6.15. The van der Waals surface area contributed by atoms with Gasteiger partial charge in [-0.1, -0.05) is 68.8 Å². The van der Waals surface area contributed by atoms with E-state index >= 15 is 0 Å². The number of ether oxygens (including phenoxy) is 1. The van der Waals surface area contributed by atoms with Crippen molar-refractivity contribution in [1.29, 1.82) is 0 Å². The van der Waals surface area contributed by atoms with Crippen molar-refractivity contribution in [2.45, 2.75) is 52.6 Å². The van der Waals surface area contributed by atoms with Crippen LogP contribution in [0.1, 0.15) is 51.5 Å². The lowest BCUT2D eigenvalue weighted by Gasteiger charge is -2.21. The molecule has 1 rings (SSSR count). The number of carbonyl (C=O) groups is 2. The molecule has 0 saturated heterocycles. The number of benzene rings is 1. The highest BCUT2D eigenvalue weighted by atomic mass is 32.2. The van der Waals surface area contributed by atoms with Crippen LogP contribution in [0, 0.1) is 0 Å². The summed E-state index contributed by atoms with van der Waals surface area (Å²) in [5, 5.41) is 0.0766. The number of esters is 1. The van der Waals surface area contributed by atoms with E-state index in [1.165, 1.54) is 11.8 Å². The summed E-state index contributed by atoms with van der Waals surface area (Å²) in [7, 11) is 0. The van der Waals surface area contributed by atoms with Gasteiger partial charge in [0.2, 0.25) is 0 Å². The fourth-order valence-electron chi connectivity index (χ4n) is 2.12. The molecule has 1 aromatic rings. The summed E-state index contributed by atoms with van der Waals surface area (Å²) in [6, 6.07) is 9.60. The molecule has 0 spiro atoms. The Morgan fingerprint density at radius 2 is 1.67 bits per heavy atom. The van der Waals surface area contributed by atoms with Gasteiger partial charge < -0.3 is 9.64 Å². The van der Waals surface area contributed by atoms with Crippen molar-refractivity contribution in [3.63, 3.8) is 0 Å². The van der Waals surface area contributed by atoms with Crippen LogP contribution in [0.3, 0.4) is 0 Å². The first-order valence-corrected chi connectivity index (χ1v) is 9.77. The molecule has 0 heterocycles. The predicted octanol–water partition coefficient (Wildman–Crippen LogP) is 4.88. The minimum absolute atomic E-state index is 0.0766. The van der Waals surface area contributed by atoms with Gasteiger partial charge in [-0.05, 0) is 18.4 Å². The zero-order valence-corrected chi connectivity index (χ0v) is 15.6. The highest BCUT2D eigenvalue weighted by Crippen LogP contribution is 2.13. The number of carbonyl (C=O) groups excluding carboxylic acids is 2. The van der Waals surface area contributed by atoms with Gasteiger partial charge in [-0.15, -0.1) is 0 Å². The molecule has 0 aromatic heterocycles. The normalized spacial score (nSPS) is 10.4. The molecule has 5 heteroatoms. The maximum absolute atomic E-state index is 12.3. The predicted molar refractivity (Wildman–Crippen MR) is 100 cm³/mol. The van der Waals surface area contributed by atoms with Gasteiger partial charge in [0, 0.05) is 18.8 Å². The molecule has 0 aliphatic heterocycles. The van der Waals surface area contributed by atoms with Gasteiger partial charge in [-0.3, -0.25) is 9.59 Å². The summed E-state index contributed by atoms with van der Waals surface area (Å²) in [6.07, 6.45) is 4.46. The Morgan fingerprint density at radius 1 is 1.04 bits per heavy atom. The SMILES string of the molecule is CCCCN(CCCC)C(=O)SCCC(=O)OCc1ccccc1. The van der Waals surface area contributed by atoms with Crippen molar-refractivity contribution in [1.82, 2.24) is 4.90 Å². The lowest BCUT2D eigenvalue weighted by atomic mass is 10.2. The summed E-state index contributed by atoms with van der Waals surface area (Å²) in [5.41, 5.74) is 0.972. The lowest BCUT2D eigenvalue weighted by molar-refractivity contribution is -0.144. The average Bonchev–Trinajstić information content (AvgIpc) is 2.61. The van der Waals surface area contributed by atoms with E-state index < -0.39 is 0 Å². The van der Waals surface area contributed by atoms with Crippen LogP contribution in [0.5, 0.6) is 0 Å². The Hall–Kier alpha value is -1.49. The zero-order valence-electron chi connectivity index (χ0n) is 14.8. The number of hydrogen-bond donors (Lipinski definition) is 0. The Kier molecular flexibility index (Phi) is 11.0.